The van der Waals surface area contributed by atoms with Gasteiger partial charge in [0.25, 0.3) is 0 Å². The summed E-state index contributed by atoms with van der Waals surface area (Å²) >= 11 is 1.26. The molecule has 1 N–H and O–H groups in total. The lowest BCUT2D eigenvalue weighted by Crippen LogP contribution is -2.00. The summed E-state index contributed by atoms with van der Waals surface area (Å²) in [6.45, 7) is 5.76. The summed E-state index contributed by atoms with van der Waals surface area (Å²) in [6, 6.07) is 0. The molecule has 1 aromatic rings. The summed E-state index contributed by atoms with van der Waals surface area (Å²) in [7, 11) is 0. The van der Waals surface area contributed by atoms with Crippen molar-refractivity contribution in [1.29, 1.82) is 0 Å². The van der Waals surface area contributed by atoms with Gasteiger partial charge >= 0.3 is 0 Å². The minimum absolute atomic E-state index is 0.0769. The van der Waals surface area contributed by atoms with Crippen LogP contribution in [0, 0.1) is 0 Å². The third kappa shape index (κ3) is 3.33. The monoisotopic (exact) mass is 197 g/mol. The van der Waals surface area contributed by atoms with E-state index in [9.17, 15) is 4.79 Å². The Bertz CT molecular complexity index is 308. The lowest BCUT2D eigenvalue weighted by molar-refractivity contribution is -0.116. The smallest absolute Gasteiger partial charge is 0.202 e. The van der Waals surface area contributed by atoms with E-state index >= 15 is 0 Å². The number of rotatable bonds is 5. The van der Waals surface area contributed by atoms with Crippen LogP contribution in [-0.4, -0.2) is 21.7 Å². The van der Waals surface area contributed by atoms with Crippen molar-refractivity contribution < 1.29 is 4.79 Å². The molecule has 0 bridgehead atoms. The van der Waals surface area contributed by atoms with Crippen molar-refractivity contribution in [3.63, 3.8) is 0 Å². The molecule has 0 aliphatic rings. The van der Waals surface area contributed by atoms with E-state index in [1.165, 1.54) is 18.5 Å². The van der Waals surface area contributed by atoms with E-state index in [0.29, 0.717) is 18.8 Å². The predicted octanol–water partition coefficient (Wildman–Crippen LogP) is 1.27. The molecule has 0 unspecified atom stereocenters. The third-order valence-corrected chi connectivity index (χ3v) is 1.98. The van der Waals surface area contributed by atoms with Crippen LogP contribution >= 0.6 is 11.5 Å². The summed E-state index contributed by atoms with van der Waals surface area (Å²) in [5.41, 5.74) is 0. The minimum atomic E-state index is 0.0769. The van der Waals surface area contributed by atoms with Crippen molar-refractivity contribution in [3.05, 3.63) is 18.5 Å². The van der Waals surface area contributed by atoms with Gasteiger partial charge in [-0.25, -0.2) is 4.98 Å². The predicted molar refractivity (Wildman–Crippen MR) is 53.0 cm³/mol. The van der Waals surface area contributed by atoms with Gasteiger partial charge in [-0.05, 0) is 6.92 Å². The van der Waals surface area contributed by atoms with Gasteiger partial charge in [-0.3, -0.25) is 4.79 Å². The molecule has 4 nitrogen and oxygen atoms in total. The van der Waals surface area contributed by atoms with Gasteiger partial charge in [0.05, 0.1) is 6.42 Å². The van der Waals surface area contributed by atoms with Crippen LogP contribution in [0.5, 0.6) is 0 Å². The summed E-state index contributed by atoms with van der Waals surface area (Å²) in [5.74, 6) is 0.664. The van der Waals surface area contributed by atoms with Crippen molar-refractivity contribution in [2.45, 2.75) is 13.3 Å². The van der Waals surface area contributed by atoms with Crippen LogP contribution in [0.25, 0.3) is 0 Å². The van der Waals surface area contributed by atoms with E-state index < -0.39 is 0 Å². The van der Waals surface area contributed by atoms with Crippen LogP contribution in [0.3, 0.4) is 0 Å². The van der Waals surface area contributed by atoms with E-state index in [-0.39, 0.29) is 5.78 Å². The Balaban J connectivity index is 2.53. The van der Waals surface area contributed by atoms with E-state index in [0.717, 1.165) is 5.13 Å². The average Bonchev–Trinajstić information content (AvgIpc) is 2.48. The van der Waals surface area contributed by atoms with Crippen LogP contribution in [-0.2, 0) is 11.2 Å². The van der Waals surface area contributed by atoms with Gasteiger partial charge in [0.1, 0.15) is 5.78 Å². The van der Waals surface area contributed by atoms with E-state index in [1.807, 2.05) is 0 Å². The third-order valence-electron chi connectivity index (χ3n) is 1.27. The Morgan fingerprint density at radius 1 is 1.77 bits per heavy atom. The summed E-state index contributed by atoms with van der Waals surface area (Å²) in [5, 5.41) is 3.74. The standard InChI is InChI=1S/C8H11N3OS/c1-3-4-9-8-10-7(11-13-8)5-6(2)12/h3H,1,4-5H2,2H3,(H,9,10,11). The fourth-order valence-corrected chi connectivity index (χ4v) is 1.37. The highest BCUT2D eigenvalue weighted by atomic mass is 32.1. The average molecular weight is 197 g/mol. The van der Waals surface area contributed by atoms with Crippen LogP contribution in [0.4, 0.5) is 5.13 Å². The number of aromatic nitrogens is 2. The Morgan fingerprint density at radius 3 is 3.15 bits per heavy atom. The second kappa shape index (κ2) is 4.71. The molecular weight excluding hydrogens is 186 g/mol. The van der Waals surface area contributed by atoms with Crippen molar-refractivity contribution in [3.8, 4) is 0 Å². The Morgan fingerprint density at radius 2 is 2.54 bits per heavy atom. The molecule has 0 atom stereocenters. The first kappa shape index (κ1) is 9.85. The first-order chi connectivity index (χ1) is 6.22. The molecule has 1 aromatic heterocycles. The van der Waals surface area contributed by atoms with Crippen molar-refractivity contribution >= 4 is 22.4 Å². The van der Waals surface area contributed by atoms with Gasteiger partial charge in [-0.1, -0.05) is 6.08 Å². The molecule has 0 aliphatic carbocycles. The first-order valence-corrected chi connectivity index (χ1v) is 4.66. The number of hydrogen-bond acceptors (Lipinski definition) is 5. The zero-order valence-corrected chi connectivity index (χ0v) is 8.23. The number of hydrogen-bond donors (Lipinski definition) is 1. The van der Waals surface area contributed by atoms with E-state index in [4.69, 9.17) is 0 Å². The number of nitrogens with one attached hydrogen (secondary N) is 1. The van der Waals surface area contributed by atoms with Crippen molar-refractivity contribution in [2.24, 2.45) is 0 Å². The summed E-state index contributed by atoms with van der Waals surface area (Å²) < 4.78 is 4.02. The Kier molecular flexibility index (Phi) is 3.57. The molecule has 0 aromatic carbocycles. The van der Waals surface area contributed by atoms with Gasteiger partial charge < -0.3 is 5.32 Å². The molecule has 70 valence electrons. The van der Waals surface area contributed by atoms with Gasteiger partial charge in [0, 0.05) is 18.1 Å². The number of Topliss-reactive ketones (excluding diaryl/α,β-unsaturated/α-hetero) is 1. The topological polar surface area (TPSA) is 54.9 Å². The molecule has 1 heterocycles. The van der Waals surface area contributed by atoms with E-state index in [1.54, 1.807) is 6.08 Å². The molecule has 0 radical (unpaired) electrons. The molecule has 0 fully saturated rings. The maximum absolute atomic E-state index is 10.7. The number of anilines is 1. The molecule has 0 spiro atoms. The zero-order valence-electron chi connectivity index (χ0n) is 7.41. The fourth-order valence-electron chi connectivity index (χ4n) is 0.780. The lowest BCUT2D eigenvalue weighted by Gasteiger charge is -1.93. The SMILES string of the molecule is C=CCNc1nc(CC(C)=O)ns1. The number of carbonyl (C=O) groups is 1. The van der Waals surface area contributed by atoms with Crippen molar-refractivity contribution in [1.82, 2.24) is 9.36 Å². The second-order valence-electron chi connectivity index (χ2n) is 2.56. The van der Waals surface area contributed by atoms with Gasteiger partial charge in [-0.15, -0.1) is 6.58 Å². The normalized spacial score (nSPS) is 9.62. The molecular formula is C8H11N3OS. The zero-order chi connectivity index (χ0) is 9.68. The quantitative estimate of drug-likeness (QED) is 0.722. The molecule has 5 heteroatoms. The molecule has 1 rings (SSSR count). The van der Waals surface area contributed by atoms with Crippen molar-refractivity contribution in [2.75, 3.05) is 11.9 Å². The van der Waals surface area contributed by atoms with Crippen LogP contribution in [0.15, 0.2) is 12.7 Å². The number of nitrogens with zero attached hydrogens (tertiary/aromatic N) is 2. The fraction of sp³-hybridized carbons (Fsp3) is 0.375. The number of carbonyl (C=O) groups excluding carboxylic acids is 1. The van der Waals surface area contributed by atoms with Crippen LogP contribution in [0.1, 0.15) is 12.7 Å². The molecule has 0 saturated heterocycles. The Labute approximate surface area is 80.9 Å². The molecule has 13 heavy (non-hydrogen) atoms. The maximum Gasteiger partial charge on any atom is 0.202 e. The van der Waals surface area contributed by atoms with Gasteiger partial charge in [0.2, 0.25) is 5.13 Å². The van der Waals surface area contributed by atoms with E-state index in [2.05, 4.69) is 21.3 Å². The number of ketones is 1. The summed E-state index contributed by atoms with van der Waals surface area (Å²) in [6.07, 6.45) is 2.05. The van der Waals surface area contributed by atoms with Gasteiger partial charge in [-0.2, -0.15) is 4.37 Å². The maximum atomic E-state index is 10.7. The van der Waals surface area contributed by atoms with Crippen LogP contribution in [0.2, 0.25) is 0 Å². The highest BCUT2D eigenvalue weighted by molar-refractivity contribution is 7.09. The second-order valence-corrected chi connectivity index (χ2v) is 3.32. The summed E-state index contributed by atoms with van der Waals surface area (Å²) in [4.78, 5) is 14.8. The molecule has 0 saturated carbocycles. The van der Waals surface area contributed by atoms with Gasteiger partial charge in [0.15, 0.2) is 5.82 Å². The highest BCUT2D eigenvalue weighted by Crippen LogP contribution is 2.10. The minimum Gasteiger partial charge on any atom is -0.357 e. The molecule has 0 amide bonds. The Hall–Kier alpha value is -1.23. The lowest BCUT2D eigenvalue weighted by atomic mass is 10.3. The van der Waals surface area contributed by atoms with Crippen LogP contribution < -0.4 is 5.32 Å². The first-order valence-electron chi connectivity index (χ1n) is 3.89. The molecule has 0 aliphatic heterocycles. The largest absolute Gasteiger partial charge is 0.357 e. The highest BCUT2D eigenvalue weighted by Gasteiger charge is 2.04.